The molecule has 1 aliphatic heterocycles. The van der Waals surface area contributed by atoms with Crippen molar-refractivity contribution in [2.45, 2.75) is 6.42 Å². The molecule has 3 amide bonds. The number of nitrogens with two attached hydrogens (primary N) is 1. The number of carbonyl (C=O) groups excluding carboxylic acids is 2. The predicted molar refractivity (Wildman–Crippen MR) is 76.3 cm³/mol. The number of fused-ring (bicyclic) bond motifs is 1. The molecule has 1 aromatic carbocycles. The zero-order chi connectivity index (χ0) is 15.2. The van der Waals surface area contributed by atoms with Crippen molar-refractivity contribution >= 4 is 11.9 Å². The topological polar surface area (TPSA) is 103 Å². The van der Waals surface area contributed by atoms with Crippen LogP contribution in [0.4, 0.5) is 4.79 Å². The number of methoxy groups -OCH3 is 1. The normalized spacial score (nSPS) is 16.3. The molecule has 4 N–H and O–H groups in total. The second-order valence-corrected chi connectivity index (χ2v) is 4.85. The average molecular weight is 293 g/mol. The Morgan fingerprint density at radius 3 is 2.95 bits per heavy atom. The second-order valence-electron chi connectivity index (χ2n) is 4.85. The second kappa shape index (κ2) is 6.83. The van der Waals surface area contributed by atoms with Gasteiger partial charge in [-0.25, -0.2) is 4.79 Å². The largest absolute Gasteiger partial charge is 0.493 e. The van der Waals surface area contributed by atoms with Gasteiger partial charge in [-0.1, -0.05) is 12.1 Å². The molecule has 0 saturated heterocycles. The Morgan fingerprint density at radius 2 is 2.24 bits per heavy atom. The van der Waals surface area contributed by atoms with E-state index in [-0.39, 0.29) is 18.4 Å². The highest BCUT2D eigenvalue weighted by molar-refractivity contribution is 5.83. The Bertz CT molecular complexity index is 533. The van der Waals surface area contributed by atoms with Crippen LogP contribution >= 0.6 is 0 Å². The molecule has 0 aromatic heterocycles. The number of carbonyl (C=O) groups is 2. The standard InChI is InChI=1S/C14H19N3O4/c1-20-11-4-2-3-10-5-9(8-21-13(10)11)6-16-12(18)7-17-14(15)19/h2-4,9H,5-8H2,1H3,(H,16,18)(H3,15,17,19). The zero-order valence-corrected chi connectivity index (χ0v) is 11.8. The molecule has 114 valence electrons. The molecule has 0 spiro atoms. The van der Waals surface area contributed by atoms with Crippen molar-refractivity contribution in [1.29, 1.82) is 0 Å². The van der Waals surface area contributed by atoms with Crippen molar-refractivity contribution in [3.63, 3.8) is 0 Å². The summed E-state index contributed by atoms with van der Waals surface area (Å²) in [4.78, 5) is 22.0. The maximum Gasteiger partial charge on any atom is 0.312 e. The van der Waals surface area contributed by atoms with E-state index in [1.165, 1.54) is 0 Å². The van der Waals surface area contributed by atoms with Crippen molar-refractivity contribution < 1.29 is 19.1 Å². The Hall–Kier alpha value is -2.44. The molecule has 0 saturated carbocycles. The number of urea groups is 1. The maximum absolute atomic E-state index is 11.5. The minimum atomic E-state index is -0.716. The molecule has 7 heteroatoms. The first-order valence-corrected chi connectivity index (χ1v) is 6.69. The fourth-order valence-corrected chi connectivity index (χ4v) is 2.24. The van der Waals surface area contributed by atoms with Gasteiger partial charge in [0.25, 0.3) is 0 Å². The summed E-state index contributed by atoms with van der Waals surface area (Å²) >= 11 is 0. The summed E-state index contributed by atoms with van der Waals surface area (Å²) in [5.74, 6) is 1.41. The number of amides is 3. The number of hydrogen-bond donors (Lipinski definition) is 3. The summed E-state index contributed by atoms with van der Waals surface area (Å²) in [6.45, 7) is 0.875. The first kappa shape index (κ1) is 15.0. The van der Waals surface area contributed by atoms with E-state index in [9.17, 15) is 9.59 Å². The van der Waals surface area contributed by atoms with Gasteiger partial charge in [0.2, 0.25) is 5.91 Å². The molecule has 0 aliphatic carbocycles. The molecule has 1 aromatic rings. The van der Waals surface area contributed by atoms with E-state index in [0.717, 1.165) is 23.5 Å². The molecule has 1 heterocycles. The molecule has 1 unspecified atom stereocenters. The minimum Gasteiger partial charge on any atom is -0.493 e. The van der Waals surface area contributed by atoms with E-state index < -0.39 is 6.03 Å². The Balaban J connectivity index is 1.85. The lowest BCUT2D eigenvalue weighted by Gasteiger charge is -2.26. The molecule has 0 fully saturated rings. The van der Waals surface area contributed by atoms with Gasteiger partial charge in [0, 0.05) is 12.5 Å². The fraction of sp³-hybridized carbons (Fsp3) is 0.429. The van der Waals surface area contributed by atoms with Crippen molar-refractivity contribution in [3.05, 3.63) is 23.8 Å². The van der Waals surface area contributed by atoms with Crippen LogP contribution in [0.5, 0.6) is 11.5 Å². The van der Waals surface area contributed by atoms with Gasteiger partial charge < -0.3 is 25.8 Å². The van der Waals surface area contributed by atoms with Crippen LogP contribution in [0.25, 0.3) is 0 Å². The predicted octanol–water partition coefficient (Wildman–Crippen LogP) is 0.0308. The lowest BCUT2D eigenvalue weighted by molar-refractivity contribution is -0.120. The maximum atomic E-state index is 11.5. The minimum absolute atomic E-state index is 0.118. The van der Waals surface area contributed by atoms with Crippen LogP contribution in [-0.2, 0) is 11.2 Å². The first-order chi connectivity index (χ1) is 10.1. The van der Waals surface area contributed by atoms with Crippen LogP contribution in [0.1, 0.15) is 5.56 Å². The van der Waals surface area contributed by atoms with Gasteiger partial charge in [-0.2, -0.15) is 0 Å². The van der Waals surface area contributed by atoms with Crippen LogP contribution in [0.15, 0.2) is 18.2 Å². The van der Waals surface area contributed by atoms with E-state index in [2.05, 4.69) is 10.6 Å². The van der Waals surface area contributed by atoms with Crippen LogP contribution in [0, 0.1) is 5.92 Å². The molecular weight excluding hydrogens is 274 g/mol. The Morgan fingerprint density at radius 1 is 1.43 bits per heavy atom. The molecule has 0 radical (unpaired) electrons. The SMILES string of the molecule is COc1cccc2c1OCC(CNC(=O)CNC(N)=O)C2. The van der Waals surface area contributed by atoms with Crippen LogP contribution in [-0.4, -0.2) is 38.7 Å². The van der Waals surface area contributed by atoms with E-state index in [1.807, 2.05) is 18.2 Å². The van der Waals surface area contributed by atoms with Gasteiger partial charge in [-0.3, -0.25) is 4.79 Å². The highest BCUT2D eigenvalue weighted by Gasteiger charge is 2.22. The zero-order valence-electron chi connectivity index (χ0n) is 11.8. The van der Waals surface area contributed by atoms with Crippen molar-refractivity contribution in [1.82, 2.24) is 10.6 Å². The summed E-state index contributed by atoms with van der Waals surface area (Å²) in [7, 11) is 1.61. The van der Waals surface area contributed by atoms with E-state index in [4.69, 9.17) is 15.2 Å². The quantitative estimate of drug-likeness (QED) is 0.712. The summed E-state index contributed by atoms with van der Waals surface area (Å²) in [6, 6.07) is 5.04. The monoisotopic (exact) mass is 293 g/mol. The summed E-state index contributed by atoms with van der Waals surface area (Å²) in [6.07, 6.45) is 0.802. The number of hydrogen-bond acceptors (Lipinski definition) is 4. The number of primary amides is 1. The van der Waals surface area contributed by atoms with E-state index >= 15 is 0 Å². The lowest BCUT2D eigenvalue weighted by atomic mass is 9.96. The molecular formula is C14H19N3O4. The number of ether oxygens (including phenoxy) is 2. The molecule has 21 heavy (non-hydrogen) atoms. The smallest absolute Gasteiger partial charge is 0.312 e. The summed E-state index contributed by atoms with van der Waals surface area (Å²) in [5.41, 5.74) is 5.96. The van der Waals surface area contributed by atoms with Crippen molar-refractivity contribution in [3.8, 4) is 11.5 Å². The average Bonchev–Trinajstić information content (AvgIpc) is 2.49. The Labute approximate surface area is 122 Å². The molecule has 0 bridgehead atoms. The third-order valence-electron chi connectivity index (χ3n) is 3.26. The van der Waals surface area contributed by atoms with Crippen LogP contribution in [0.2, 0.25) is 0 Å². The molecule has 1 aliphatic rings. The van der Waals surface area contributed by atoms with Gasteiger partial charge in [-0.15, -0.1) is 0 Å². The molecule has 1 atom stereocenters. The third kappa shape index (κ3) is 4.01. The number of benzene rings is 1. The molecule has 2 rings (SSSR count). The van der Waals surface area contributed by atoms with Gasteiger partial charge in [0.1, 0.15) is 0 Å². The van der Waals surface area contributed by atoms with Crippen LogP contribution in [0.3, 0.4) is 0 Å². The van der Waals surface area contributed by atoms with Crippen molar-refractivity contribution in [2.24, 2.45) is 11.7 Å². The van der Waals surface area contributed by atoms with Crippen molar-refractivity contribution in [2.75, 3.05) is 26.8 Å². The summed E-state index contributed by atoms with van der Waals surface area (Å²) < 4.78 is 11.0. The van der Waals surface area contributed by atoms with E-state index in [0.29, 0.717) is 13.2 Å². The number of nitrogens with one attached hydrogen (secondary N) is 2. The highest BCUT2D eigenvalue weighted by atomic mass is 16.5. The van der Waals surface area contributed by atoms with Gasteiger partial charge in [0.05, 0.1) is 20.3 Å². The number of rotatable bonds is 5. The van der Waals surface area contributed by atoms with Gasteiger partial charge >= 0.3 is 6.03 Å². The van der Waals surface area contributed by atoms with E-state index in [1.54, 1.807) is 7.11 Å². The summed E-state index contributed by atoms with van der Waals surface area (Å²) in [5, 5.41) is 4.99. The highest BCUT2D eigenvalue weighted by Crippen LogP contribution is 2.35. The lowest BCUT2D eigenvalue weighted by Crippen LogP contribution is -2.42. The fourth-order valence-electron chi connectivity index (χ4n) is 2.24. The Kier molecular flexibility index (Phi) is 4.86. The van der Waals surface area contributed by atoms with Crippen LogP contribution < -0.4 is 25.8 Å². The number of para-hydroxylation sites is 1. The third-order valence-corrected chi connectivity index (χ3v) is 3.26. The first-order valence-electron chi connectivity index (χ1n) is 6.69. The van der Waals surface area contributed by atoms with Gasteiger partial charge in [0.15, 0.2) is 11.5 Å². The molecule has 7 nitrogen and oxygen atoms in total. The van der Waals surface area contributed by atoms with Gasteiger partial charge in [-0.05, 0) is 18.1 Å².